The summed E-state index contributed by atoms with van der Waals surface area (Å²) < 4.78 is 31.5. The monoisotopic (exact) mass is 306 g/mol. The number of nitrogens with one attached hydrogen (secondary N) is 2. The van der Waals surface area contributed by atoms with Crippen LogP contribution in [0.1, 0.15) is 12.5 Å². The zero-order valence-corrected chi connectivity index (χ0v) is 12.0. The summed E-state index contributed by atoms with van der Waals surface area (Å²) in [5, 5.41) is 5.16. The third-order valence-corrected chi connectivity index (χ3v) is 2.81. The minimum Gasteiger partial charge on any atom is -0.492 e. The van der Waals surface area contributed by atoms with Crippen LogP contribution in [-0.2, 0) is 6.54 Å². The van der Waals surface area contributed by atoms with Crippen molar-refractivity contribution in [2.24, 2.45) is 0 Å². The number of carbonyl (C=O) groups excluding carboxylic acids is 1. The number of ether oxygens (including phenoxy) is 1. The lowest BCUT2D eigenvalue weighted by Gasteiger charge is -2.12. The Morgan fingerprint density at radius 3 is 2.50 bits per heavy atom. The fourth-order valence-corrected chi connectivity index (χ4v) is 1.91. The van der Waals surface area contributed by atoms with E-state index in [0.29, 0.717) is 23.6 Å². The lowest BCUT2D eigenvalue weighted by Crippen LogP contribution is -2.28. The van der Waals surface area contributed by atoms with Gasteiger partial charge in [0.1, 0.15) is 17.4 Å². The van der Waals surface area contributed by atoms with Gasteiger partial charge in [-0.15, -0.1) is 0 Å². The average Bonchev–Trinajstić information content (AvgIpc) is 2.46. The van der Waals surface area contributed by atoms with Crippen molar-refractivity contribution in [3.05, 3.63) is 59.7 Å². The Morgan fingerprint density at radius 1 is 1.14 bits per heavy atom. The number of hydrogen-bond acceptors (Lipinski definition) is 2. The summed E-state index contributed by atoms with van der Waals surface area (Å²) in [6, 6.07) is 9.62. The fraction of sp³-hybridized carbons (Fsp3) is 0.188. The molecule has 2 N–H and O–H groups in total. The molecule has 0 fully saturated rings. The highest BCUT2D eigenvalue weighted by Gasteiger charge is 2.07. The number of benzene rings is 2. The molecule has 22 heavy (non-hydrogen) atoms. The second-order valence-electron chi connectivity index (χ2n) is 4.51. The summed E-state index contributed by atoms with van der Waals surface area (Å²) in [5.74, 6) is -0.810. The maximum atomic E-state index is 13.1. The predicted octanol–water partition coefficient (Wildman–Crippen LogP) is 3.69. The van der Waals surface area contributed by atoms with Gasteiger partial charge in [0, 0.05) is 12.6 Å². The minimum absolute atomic E-state index is 0.0112. The first-order valence-electron chi connectivity index (χ1n) is 6.80. The average molecular weight is 306 g/mol. The van der Waals surface area contributed by atoms with Crippen LogP contribution in [0.3, 0.4) is 0 Å². The first-order valence-corrected chi connectivity index (χ1v) is 6.80. The topological polar surface area (TPSA) is 50.4 Å². The van der Waals surface area contributed by atoms with Crippen molar-refractivity contribution in [3.63, 3.8) is 0 Å². The van der Waals surface area contributed by atoms with Gasteiger partial charge in [0.05, 0.1) is 12.3 Å². The second-order valence-corrected chi connectivity index (χ2v) is 4.51. The summed E-state index contributed by atoms with van der Waals surface area (Å²) in [6.45, 7) is 2.33. The molecule has 0 atom stereocenters. The van der Waals surface area contributed by atoms with Crippen molar-refractivity contribution in [3.8, 4) is 5.75 Å². The molecule has 0 aliphatic rings. The lowest BCUT2D eigenvalue weighted by molar-refractivity contribution is 0.251. The van der Waals surface area contributed by atoms with Gasteiger partial charge in [-0.05, 0) is 36.8 Å². The summed E-state index contributed by atoms with van der Waals surface area (Å²) in [5.41, 5.74) is 0.859. The Balaban J connectivity index is 1.96. The highest BCUT2D eigenvalue weighted by atomic mass is 19.1. The van der Waals surface area contributed by atoms with Crippen molar-refractivity contribution in [1.82, 2.24) is 5.32 Å². The SMILES string of the molecule is CCOc1ccccc1NC(=O)NCc1cc(F)cc(F)c1. The molecule has 0 aliphatic heterocycles. The molecule has 2 aromatic carbocycles. The van der Waals surface area contributed by atoms with Crippen LogP contribution in [0.5, 0.6) is 5.75 Å². The largest absolute Gasteiger partial charge is 0.492 e. The van der Waals surface area contributed by atoms with E-state index in [2.05, 4.69) is 10.6 Å². The number of halogens is 2. The number of anilines is 1. The molecule has 4 nitrogen and oxygen atoms in total. The van der Waals surface area contributed by atoms with Crippen molar-refractivity contribution >= 4 is 11.7 Å². The molecule has 2 aromatic rings. The van der Waals surface area contributed by atoms with Crippen LogP contribution in [0.15, 0.2) is 42.5 Å². The van der Waals surface area contributed by atoms with Crippen molar-refractivity contribution in [2.45, 2.75) is 13.5 Å². The number of rotatable bonds is 5. The summed E-state index contributed by atoms with van der Waals surface area (Å²) in [4.78, 5) is 11.8. The maximum Gasteiger partial charge on any atom is 0.319 e. The summed E-state index contributed by atoms with van der Waals surface area (Å²) in [7, 11) is 0. The predicted molar refractivity (Wildman–Crippen MR) is 79.8 cm³/mol. The normalized spacial score (nSPS) is 10.1. The highest BCUT2D eigenvalue weighted by molar-refractivity contribution is 5.90. The van der Waals surface area contributed by atoms with E-state index in [1.807, 2.05) is 6.92 Å². The van der Waals surface area contributed by atoms with Crippen molar-refractivity contribution in [2.75, 3.05) is 11.9 Å². The quantitative estimate of drug-likeness (QED) is 0.885. The molecular formula is C16H16F2N2O2. The van der Waals surface area contributed by atoms with Gasteiger partial charge in [-0.1, -0.05) is 12.1 Å². The van der Waals surface area contributed by atoms with E-state index in [1.165, 1.54) is 0 Å². The Morgan fingerprint density at radius 2 is 1.82 bits per heavy atom. The smallest absolute Gasteiger partial charge is 0.319 e. The van der Waals surface area contributed by atoms with E-state index in [0.717, 1.165) is 18.2 Å². The molecule has 0 unspecified atom stereocenters. The van der Waals surface area contributed by atoms with Gasteiger partial charge in [0.15, 0.2) is 0 Å². The molecule has 0 aliphatic carbocycles. The molecule has 6 heteroatoms. The third-order valence-electron chi connectivity index (χ3n) is 2.81. The van der Waals surface area contributed by atoms with Gasteiger partial charge in [-0.3, -0.25) is 0 Å². The van der Waals surface area contributed by atoms with Gasteiger partial charge < -0.3 is 15.4 Å². The van der Waals surface area contributed by atoms with Crippen LogP contribution < -0.4 is 15.4 Å². The zero-order chi connectivity index (χ0) is 15.9. The standard InChI is InChI=1S/C16H16F2N2O2/c1-2-22-15-6-4-3-5-14(15)20-16(21)19-10-11-7-12(17)9-13(18)8-11/h3-9H,2,10H2,1H3,(H2,19,20,21). The Hall–Kier alpha value is -2.63. The van der Waals surface area contributed by atoms with E-state index < -0.39 is 17.7 Å². The fourth-order valence-electron chi connectivity index (χ4n) is 1.91. The Bertz CT molecular complexity index is 642. The van der Waals surface area contributed by atoms with Crippen LogP contribution >= 0.6 is 0 Å². The number of carbonyl (C=O) groups is 1. The molecule has 2 rings (SSSR count). The second kappa shape index (κ2) is 7.40. The van der Waals surface area contributed by atoms with Gasteiger partial charge >= 0.3 is 6.03 Å². The van der Waals surface area contributed by atoms with Gasteiger partial charge in [-0.25, -0.2) is 13.6 Å². The van der Waals surface area contributed by atoms with Gasteiger partial charge in [-0.2, -0.15) is 0 Å². The molecule has 0 saturated heterocycles. The number of amides is 2. The van der Waals surface area contributed by atoms with Gasteiger partial charge in [0.2, 0.25) is 0 Å². The van der Waals surface area contributed by atoms with Gasteiger partial charge in [0.25, 0.3) is 0 Å². The van der Waals surface area contributed by atoms with Crippen LogP contribution in [-0.4, -0.2) is 12.6 Å². The maximum absolute atomic E-state index is 13.1. The van der Waals surface area contributed by atoms with Crippen LogP contribution in [0.4, 0.5) is 19.3 Å². The number of urea groups is 1. The molecule has 0 aromatic heterocycles. The van der Waals surface area contributed by atoms with E-state index >= 15 is 0 Å². The van der Waals surface area contributed by atoms with Crippen LogP contribution in [0.25, 0.3) is 0 Å². The molecule has 0 spiro atoms. The molecule has 0 saturated carbocycles. The Labute approximate surface area is 127 Å². The Kier molecular flexibility index (Phi) is 5.30. The van der Waals surface area contributed by atoms with E-state index in [-0.39, 0.29) is 6.54 Å². The molecular weight excluding hydrogens is 290 g/mol. The molecule has 0 heterocycles. The minimum atomic E-state index is -0.682. The van der Waals surface area contributed by atoms with Crippen LogP contribution in [0.2, 0.25) is 0 Å². The molecule has 0 radical (unpaired) electrons. The van der Waals surface area contributed by atoms with E-state index in [1.54, 1.807) is 24.3 Å². The summed E-state index contributed by atoms with van der Waals surface area (Å²) in [6.07, 6.45) is 0. The lowest BCUT2D eigenvalue weighted by atomic mass is 10.2. The van der Waals surface area contributed by atoms with E-state index in [4.69, 9.17) is 4.74 Å². The first kappa shape index (κ1) is 15.8. The molecule has 2 amide bonds. The highest BCUT2D eigenvalue weighted by Crippen LogP contribution is 2.23. The molecule has 0 bridgehead atoms. The van der Waals surface area contributed by atoms with Crippen molar-refractivity contribution in [1.29, 1.82) is 0 Å². The zero-order valence-electron chi connectivity index (χ0n) is 12.0. The summed E-state index contributed by atoms with van der Waals surface area (Å²) >= 11 is 0. The van der Waals surface area contributed by atoms with Crippen LogP contribution in [0, 0.1) is 11.6 Å². The molecule has 116 valence electrons. The van der Waals surface area contributed by atoms with E-state index in [9.17, 15) is 13.6 Å². The number of para-hydroxylation sites is 2. The first-order chi connectivity index (χ1) is 10.6. The number of hydrogen-bond donors (Lipinski definition) is 2. The third kappa shape index (κ3) is 4.44. The van der Waals surface area contributed by atoms with Crippen molar-refractivity contribution < 1.29 is 18.3 Å².